The summed E-state index contributed by atoms with van der Waals surface area (Å²) in [5.74, 6) is 0.957. The Bertz CT molecular complexity index is 1060. The van der Waals surface area contributed by atoms with Gasteiger partial charge >= 0.3 is 0 Å². The molecule has 0 radical (unpaired) electrons. The molecule has 31 heavy (non-hydrogen) atoms. The van der Waals surface area contributed by atoms with Crippen molar-refractivity contribution in [2.45, 2.75) is 45.6 Å². The molecule has 1 aliphatic rings. The fourth-order valence-corrected chi connectivity index (χ4v) is 4.08. The Balaban J connectivity index is 1.31. The largest absolute Gasteiger partial charge is 0.348 e. The molecule has 162 valence electrons. The summed E-state index contributed by atoms with van der Waals surface area (Å²) >= 11 is 0. The first-order valence-electron chi connectivity index (χ1n) is 11.1. The summed E-state index contributed by atoms with van der Waals surface area (Å²) in [5.41, 5.74) is 3.72. The van der Waals surface area contributed by atoms with E-state index in [1.165, 1.54) is 5.56 Å². The number of nitrogens with zero attached hydrogens (tertiary/aromatic N) is 3. The Hall–Kier alpha value is -3.15. The van der Waals surface area contributed by atoms with E-state index < -0.39 is 0 Å². The number of hydrogen-bond acceptors (Lipinski definition) is 3. The Morgan fingerprint density at radius 3 is 2.77 bits per heavy atom. The van der Waals surface area contributed by atoms with Gasteiger partial charge in [0.1, 0.15) is 5.65 Å². The zero-order chi connectivity index (χ0) is 21.8. The summed E-state index contributed by atoms with van der Waals surface area (Å²) in [4.78, 5) is 31.3. The number of hydrogen-bond donors (Lipinski definition) is 1. The van der Waals surface area contributed by atoms with Crippen molar-refractivity contribution < 1.29 is 9.59 Å². The van der Waals surface area contributed by atoms with E-state index >= 15 is 0 Å². The molecule has 2 unspecified atom stereocenters. The highest BCUT2D eigenvalue weighted by molar-refractivity contribution is 5.94. The minimum absolute atomic E-state index is 0.0912. The maximum absolute atomic E-state index is 12.6. The molecule has 0 spiro atoms. The lowest BCUT2D eigenvalue weighted by Crippen LogP contribution is -2.29. The van der Waals surface area contributed by atoms with E-state index in [2.05, 4.69) is 24.1 Å². The fourth-order valence-electron chi connectivity index (χ4n) is 4.08. The molecule has 6 nitrogen and oxygen atoms in total. The van der Waals surface area contributed by atoms with Crippen LogP contribution in [0.1, 0.15) is 60.5 Å². The molecule has 0 aliphatic carbocycles. The van der Waals surface area contributed by atoms with E-state index in [-0.39, 0.29) is 11.8 Å². The van der Waals surface area contributed by atoms with Gasteiger partial charge in [0.05, 0.1) is 0 Å². The third-order valence-corrected chi connectivity index (χ3v) is 6.32. The number of aromatic nitrogens is 2. The molecule has 1 fully saturated rings. The van der Waals surface area contributed by atoms with E-state index in [1.807, 2.05) is 58.1 Å². The lowest BCUT2D eigenvalue weighted by Gasteiger charge is -2.19. The number of rotatable bonds is 7. The highest BCUT2D eigenvalue weighted by atomic mass is 16.2. The van der Waals surface area contributed by atoms with Gasteiger partial charge in [-0.25, -0.2) is 4.98 Å². The molecule has 0 saturated carbocycles. The van der Waals surface area contributed by atoms with Crippen LogP contribution in [0.5, 0.6) is 0 Å². The second kappa shape index (κ2) is 9.33. The average molecular weight is 419 g/mol. The van der Waals surface area contributed by atoms with Crippen LogP contribution < -0.4 is 5.32 Å². The van der Waals surface area contributed by atoms with Crippen LogP contribution in [0.3, 0.4) is 0 Å². The van der Waals surface area contributed by atoms with Gasteiger partial charge in [-0.05, 0) is 47.7 Å². The highest BCUT2D eigenvalue weighted by Crippen LogP contribution is 2.28. The van der Waals surface area contributed by atoms with Gasteiger partial charge in [-0.2, -0.15) is 0 Å². The first-order chi connectivity index (χ1) is 15.0. The maximum Gasteiger partial charge on any atom is 0.251 e. The predicted octanol–water partition coefficient (Wildman–Crippen LogP) is 4.02. The lowest BCUT2D eigenvalue weighted by molar-refractivity contribution is -0.131. The highest BCUT2D eigenvalue weighted by Gasteiger charge is 2.27. The molecule has 0 bridgehead atoms. The standard InChI is InChI=1S/C25H30N4O2/c1-3-18(2)14-24(30)29-12-9-22(17-29)20-4-6-21(7-5-20)25(31)27-16-19-8-11-28-13-10-26-23(28)15-19/h4-8,10-11,13,15,18,22H,3,9,12,14,16-17H2,1-2H3,(H,27,31). The van der Waals surface area contributed by atoms with Gasteiger partial charge in [-0.1, -0.05) is 32.4 Å². The van der Waals surface area contributed by atoms with Crippen LogP contribution >= 0.6 is 0 Å². The van der Waals surface area contributed by atoms with Gasteiger partial charge < -0.3 is 14.6 Å². The van der Waals surface area contributed by atoms with E-state index in [9.17, 15) is 9.59 Å². The molecule has 1 saturated heterocycles. The van der Waals surface area contributed by atoms with Gasteiger partial charge in [-0.3, -0.25) is 9.59 Å². The Morgan fingerprint density at radius 2 is 2.00 bits per heavy atom. The topological polar surface area (TPSA) is 66.7 Å². The maximum atomic E-state index is 12.6. The van der Waals surface area contributed by atoms with Crippen LogP contribution in [0.25, 0.3) is 5.65 Å². The molecular formula is C25H30N4O2. The summed E-state index contributed by atoms with van der Waals surface area (Å²) in [6, 6.07) is 11.8. The molecule has 6 heteroatoms. The third kappa shape index (κ3) is 4.95. The Labute approximate surface area is 183 Å². The predicted molar refractivity (Wildman–Crippen MR) is 121 cm³/mol. The Kier molecular flexibility index (Phi) is 6.35. The normalized spacial score (nSPS) is 17.1. The summed E-state index contributed by atoms with van der Waals surface area (Å²) < 4.78 is 1.94. The molecule has 1 aromatic carbocycles. The number of nitrogens with one attached hydrogen (secondary N) is 1. The molecule has 2 amide bonds. The average Bonchev–Trinajstić information content (AvgIpc) is 3.47. The second-order valence-corrected chi connectivity index (χ2v) is 8.58. The zero-order valence-electron chi connectivity index (χ0n) is 18.3. The van der Waals surface area contributed by atoms with Gasteiger partial charge in [0.25, 0.3) is 5.91 Å². The van der Waals surface area contributed by atoms with E-state index in [0.29, 0.717) is 30.4 Å². The molecule has 2 aromatic heterocycles. The number of imidazole rings is 1. The van der Waals surface area contributed by atoms with Crippen molar-refractivity contribution in [3.05, 3.63) is 71.7 Å². The van der Waals surface area contributed by atoms with E-state index in [0.717, 1.165) is 37.1 Å². The SMILES string of the molecule is CCC(C)CC(=O)N1CCC(c2ccc(C(=O)NCc3ccn4ccnc4c3)cc2)C1. The number of fused-ring (bicyclic) bond motifs is 1. The van der Waals surface area contributed by atoms with Gasteiger partial charge in [0.15, 0.2) is 0 Å². The number of carbonyl (C=O) groups excluding carboxylic acids is 2. The first kappa shape index (κ1) is 21.1. The van der Waals surface area contributed by atoms with Crippen molar-refractivity contribution in [1.82, 2.24) is 19.6 Å². The summed E-state index contributed by atoms with van der Waals surface area (Å²) in [5, 5.41) is 2.98. The van der Waals surface area contributed by atoms with Crippen molar-refractivity contribution in [2.75, 3.05) is 13.1 Å². The first-order valence-corrected chi connectivity index (χ1v) is 11.1. The van der Waals surface area contributed by atoms with Crippen molar-refractivity contribution in [2.24, 2.45) is 5.92 Å². The number of benzene rings is 1. The molecule has 2 atom stereocenters. The number of amides is 2. The van der Waals surface area contributed by atoms with Crippen molar-refractivity contribution in [3.63, 3.8) is 0 Å². The van der Waals surface area contributed by atoms with E-state index in [4.69, 9.17) is 0 Å². The van der Waals surface area contributed by atoms with Crippen LogP contribution in [0.4, 0.5) is 0 Å². The van der Waals surface area contributed by atoms with Crippen LogP contribution in [-0.4, -0.2) is 39.2 Å². The summed E-state index contributed by atoms with van der Waals surface area (Å²) in [7, 11) is 0. The summed E-state index contributed by atoms with van der Waals surface area (Å²) in [6.45, 7) is 6.31. The van der Waals surface area contributed by atoms with Crippen LogP contribution in [0.2, 0.25) is 0 Å². The number of carbonyl (C=O) groups is 2. The molecule has 3 aromatic rings. The van der Waals surface area contributed by atoms with Crippen molar-refractivity contribution >= 4 is 17.5 Å². The van der Waals surface area contributed by atoms with Crippen molar-refractivity contribution in [3.8, 4) is 0 Å². The lowest BCUT2D eigenvalue weighted by atomic mass is 9.97. The van der Waals surface area contributed by atoms with Crippen LogP contribution in [-0.2, 0) is 11.3 Å². The molecule has 3 heterocycles. The zero-order valence-corrected chi connectivity index (χ0v) is 18.3. The third-order valence-electron chi connectivity index (χ3n) is 6.32. The Morgan fingerprint density at radius 1 is 1.19 bits per heavy atom. The van der Waals surface area contributed by atoms with Gasteiger partial charge in [0.2, 0.25) is 5.91 Å². The molecule has 1 aliphatic heterocycles. The van der Waals surface area contributed by atoms with Gasteiger partial charge in [-0.15, -0.1) is 0 Å². The van der Waals surface area contributed by atoms with Crippen molar-refractivity contribution in [1.29, 1.82) is 0 Å². The monoisotopic (exact) mass is 418 g/mol. The fraction of sp³-hybridized carbons (Fsp3) is 0.400. The quantitative estimate of drug-likeness (QED) is 0.630. The van der Waals surface area contributed by atoms with E-state index in [1.54, 1.807) is 6.20 Å². The smallest absolute Gasteiger partial charge is 0.251 e. The second-order valence-electron chi connectivity index (χ2n) is 8.58. The number of likely N-dealkylation sites (tertiary alicyclic amines) is 1. The van der Waals surface area contributed by atoms with Gasteiger partial charge in [0, 0.05) is 56.1 Å². The molecular weight excluding hydrogens is 388 g/mol. The summed E-state index contributed by atoms with van der Waals surface area (Å²) in [6.07, 6.45) is 8.24. The molecule has 4 rings (SSSR count). The molecule has 1 N–H and O–H groups in total. The van der Waals surface area contributed by atoms with Crippen LogP contribution in [0.15, 0.2) is 55.0 Å². The minimum atomic E-state index is -0.0912. The number of pyridine rings is 1. The van der Waals surface area contributed by atoms with Crippen LogP contribution in [0, 0.1) is 5.92 Å². The minimum Gasteiger partial charge on any atom is -0.348 e.